The highest BCUT2D eigenvalue weighted by Crippen LogP contribution is 2.43. The molecule has 0 spiro atoms. The Morgan fingerprint density at radius 2 is 1.32 bits per heavy atom. The quantitative estimate of drug-likeness (QED) is 0.0200. The number of carbonyl (C=O) groups is 8. The summed E-state index contributed by atoms with van der Waals surface area (Å²) in [6, 6.07) is -0.753. The van der Waals surface area contributed by atoms with Crippen LogP contribution in [-0.2, 0) is 66.1 Å². The second kappa shape index (κ2) is 33.5. The zero-order chi connectivity index (χ0) is 44.5. The highest BCUT2D eigenvalue weighted by atomic mass is 31.2. The van der Waals surface area contributed by atoms with E-state index in [2.05, 4.69) is 31.9 Å². The Kier molecular flexibility index (Phi) is 31.0. The molecule has 0 aromatic rings. The van der Waals surface area contributed by atoms with Crippen molar-refractivity contribution >= 4 is 55.4 Å². The van der Waals surface area contributed by atoms with Gasteiger partial charge in [-0.3, -0.25) is 42.6 Å². The van der Waals surface area contributed by atoms with E-state index in [-0.39, 0.29) is 82.5 Å². The molecule has 0 heterocycles. The smallest absolute Gasteiger partial charge is 0.462 e. The fourth-order valence-corrected chi connectivity index (χ4v) is 5.31. The summed E-state index contributed by atoms with van der Waals surface area (Å²) in [6.07, 6.45) is 2.88. The van der Waals surface area contributed by atoms with Gasteiger partial charge in [0, 0.05) is 39.4 Å². The molecule has 0 saturated carbocycles. The molecule has 0 radical (unpaired) electrons. The van der Waals surface area contributed by atoms with Crippen LogP contribution in [0.5, 0.6) is 0 Å². The van der Waals surface area contributed by atoms with Gasteiger partial charge in [0.15, 0.2) is 6.10 Å². The number of esters is 2. The standard InChI is InChI=1S/C36H65N6O16P/c1-6-8-13-34(48)58-28(23-55-33(47)7-2)24-57-59(51,52)56-17-16-39-36(50)54-19-18-53-25-32(46)38-15-12-10-9-11-14-37-30(44)21-40-31(45)22-41-35(49)29(20-26(3)4)42-27(5)43/h26,28-29H,6-25H2,1-5H3,(H,37,44)(H,38,46)(H,39,50)(H,40,45)(H,41,49)(H,42,43)(H,51,52)/t28-,29+/m1/s1. The second-order valence-corrected chi connectivity index (χ2v) is 14.9. The first-order valence-electron chi connectivity index (χ1n) is 19.8. The number of unbranched alkanes of at least 4 members (excludes halogenated alkanes) is 4. The van der Waals surface area contributed by atoms with Crippen LogP contribution in [0.1, 0.15) is 92.4 Å². The largest absolute Gasteiger partial charge is 0.472 e. The summed E-state index contributed by atoms with van der Waals surface area (Å²) in [5.41, 5.74) is 0. The van der Waals surface area contributed by atoms with Crippen molar-refractivity contribution in [2.75, 3.05) is 72.4 Å². The molecule has 23 heteroatoms. The maximum absolute atomic E-state index is 12.3. The molecule has 0 fully saturated rings. The minimum absolute atomic E-state index is 0.0699. The van der Waals surface area contributed by atoms with E-state index < -0.39 is 63.0 Å². The number of ether oxygens (including phenoxy) is 4. The number of hydrogen-bond donors (Lipinski definition) is 7. The zero-order valence-electron chi connectivity index (χ0n) is 34.9. The van der Waals surface area contributed by atoms with Gasteiger partial charge in [-0.2, -0.15) is 0 Å². The number of phosphoric ester groups is 1. The van der Waals surface area contributed by atoms with Crippen molar-refractivity contribution in [1.29, 1.82) is 0 Å². The SMILES string of the molecule is CCCCC(=O)O[C@H](COC(=O)CC)COP(=O)(O)OCCNC(=O)OCCOCC(=O)NCCCCCCNC(=O)CNC(=O)CNC(=O)[C@H](CC(C)C)NC(C)=O. The third-order valence-corrected chi connectivity index (χ3v) is 8.50. The molecule has 22 nitrogen and oxygen atoms in total. The van der Waals surface area contributed by atoms with E-state index in [4.69, 9.17) is 28.0 Å². The van der Waals surface area contributed by atoms with E-state index in [9.17, 15) is 47.8 Å². The first-order valence-corrected chi connectivity index (χ1v) is 21.3. The molecular formula is C36H65N6O16P. The van der Waals surface area contributed by atoms with E-state index >= 15 is 0 Å². The molecule has 0 aliphatic heterocycles. The van der Waals surface area contributed by atoms with Gasteiger partial charge in [0.25, 0.3) is 0 Å². The Hall–Kier alpha value is -4.37. The van der Waals surface area contributed by atoms with Crippen molar-refractivity contribution in [2.24, 2.45) is 5.92 Å². The minimum Gasteiger partial charge on any atom is -0.462 e. The van der Waals surface area contributed by atoms with Crippen LogP contribution >= 0.6 is 7.82 Å². The minimum atomic E-state index is -4.62. The predicted molar refractivity (Wildman–Crippen MR) is 210 cm³/mol. The van der Waals surface area contributed by atoms with Crippen molar-refractivity contribution in [2.45, 2.75) is 105 Å². The summed E-state index contributed by atoms with van der Waals surface area (Å²) >= 11 is 0. The number of carbonyl (C=O) groups excluding carboxylic acids is 8. The van der Waals surface area contributed by atoms with Crippen LogP contribution in [0.2, 0.25) is 0 Å². The van der Waals surface area contributed by atoms with Crippen LogP contribution in [-0.4, -0.2) is 137 Å². The van der Waals surface area contributed by atoms with E-state index in [0.717, 1.165) is 19.3 Å². The van der Waals surface area contributed by atoms with Gasteiger partial charge >= 0.3 is 25.9 Å². The lowest BCUT2D eigenvalue weighted by Crippen LogP contribution is -2.49. The molecule has 0 aliphatic rings. The molecule has 0 aliphatic carbocycles. The molecule has 1 unspecified atom stereocenters. The average Bonchev–Trinajstić information content (AvgIpc) is 3.17. The number of alkyl carbamates (subject to hydrolysis) is 1. The molecule has 0 aromatic heterocycles. The van der Waals surface area contributed by atoms with Crippen LogP contribution < -0.4 is 31.9 Å². The normalized spacial score (nSPS) is 12.9. The summed E-state index contributed by atoms with van der Waals surface area (Å²) in [5, 5.41) is 15.1. The number of nitrogens with one attached hydrogen (secondary N) is 6. The van der Waals surface area contributed by atoms with Crippen LogP contribution in [0.3, 0.4) is 0 Å². The van der Waals surface area contributed by atoms with Gasteiger partial charge in [0.05, 0.1) is 32.9 Å². The van der Waals surface area contributed by atoms with E-state index in [1.165, 1.54) is 6.92 Å². The molecule has 3 atom stereocenters. The molecule has 59 heavy (non-hydrogen) atoms. The molecule has 7 N–H and O–H groups in total. The Labute approximate surface area is 345 Å². The van der Waals surface area contributed by atoms with E-state index in [1.807, 2.05) is 20.8 Å². The maximum atomic E-state index is 12.3. The monoisotopic (exact) mass is 868 g/mol. The zero-order valence-corrected chi connectivity index (χ0v) is 35.8. The molecule has 0 bridgehead atoms. The van der Waals surface area contributed by atoms with Gasteiger partial charge in [0.1, 0.15) is 25.9 Å². The Morgan fingerprint density at radius 1 is 0.678 bits per heavy atom. The highest BCUT2D eigenvalue weighted by molar-refractivity contribution is 7.47. The molecule has 0 saturated heterocycles. The van der Waals surface area contributed by atoms with E-state index in [0.29, 0.717) is 38.8 Å². The first kappa shape index (κ1) is 54.6. The number of phosphoric acid groups is 1. The van der Waals surface area contributed by atoms with Crippen LogP contribution in [0.4, 0.5) is 4.79 Å². The van der Waals surface area contributed by atoms with Crippen molar-refractivity contribution < 1.29 is 75.8 Å². The van der Waals surface area contributed by atoms with Gasteiger partial charge < -0.3 is 55.7 Å². The topological polar surface area (TPSA) is 301 Å². The van der Waals surface area contributed by atoms with Crippen molar-refractivity contribution in [3.8, 4) is 0 Å². The molecule has 6 amide bonds. The molecule has 0 rings (SSSR count). The van der Waals surface area contributed by atoms with Gasteiger partial charge in [-0.1, -0.05) is 47.0 Å². The van der Waals surface area contributed by atoms with Crippen molar-refractivity contribution in [1.82, 2.24) is 31.9 Å². The van der Waals surface area contributed by atoms with Crippen LogP contribution in [0, 0.1) is 5.92 Å². The van der Waals surface area contributed by atoms with Crippen LogP contribution in [0.25, 0.3) is 0 Å². The van der Waals surface area contributed by atoms with Crippen molar-refractivity contribution in [3.63, 3.8) is 0 Å². The Balaban J connectivity index is 3.96. The predicted octanol–water partition coefficient (Wildman–Crippen LogP) is 0.494. The van der Waals surface area contributed by atoms with Crippen LogP contribution in [0.15, 0.2) is 0 Å². The second-order valence-electron chi connectivity index (χ2n) is 13.5. The summed E-state index contributed by atoms with van der Waals surface area (Å²) in [7, 11) is -4.62. The first-order chi connectivity index (χ1) is 28.0. The lowest BCUT2D eigenvalue weighted by atomic mass is 10.0. The average molecular weight is 869 g/mol. The van der Waals surface area contributed by atoms with Gasteiger partial charge in [-0.15, -0.1) is 0 Å². The summed E-state index contributed by atoms with van der Waals surface area (Å²) in [6.45, 7) is 6.69. The number of rotatable bonds is 34. The molecular weight excluding hydrogens is 803 g/mol. The lowest BCUT2D eigenvalue weighted by Gasteiger charge is -2.19. The van der Waals surface area contributed by atoms with Gasteiger partial charge in [0.2, 0.25) is 29.5 Å². The molecule has 0 aromatic carbocycles. The summed E-state index contributed by atoms with van der Waals surface area (Å²) < 4.78 is 42.1. The van der Waals surface area contributed by atoms with Gasteiger partial charge in [-0.05, 0) is 31.6 Å². The number of amides is 6. The summed E-state index contributed by atoms with van der Waals surface area (Å²) in [5.74, 6) is -3.10. The fourth-order valence-electron chi connectivity index (χ4n) is 4.56. The molecule has 340 valence electrons. The summed E-state index contributed by atoms with van der Waals surface area (Å²) in [4.78, 5) is 105. The van der Waals surface area contributed by atoms with E-state index in [1.54, 1.807) is 6.92 Å². The highest BCUT2D eigenvalue weighted by Gasteiger charge is 2.26. The fraction of sp³-hybridized carbons (Fsp3) is 0.778. The van der Waals surface area contributed by atoms with Crippen molar-refractivity contribution in [3.05, 3.63) is 0 Å². The Morgan fingerprint density at radius 3 is 1.95 bits per heavy atom. The Bertz CT molecular complexity index is 1350. The third-order valence-electron chi connectivity index (χ3n) is 7.51. The lowest BCUT2D eigenvalue weighted by molar-refractivity contribution is -0.161. The maximum Gasteiger partial charge on any atom is 0.472 e. The number of hydrogen-bond acceptors (Lipinski definition) is 15. The third kappa shape index (κ3) is 33.2. The van der Waals surface area contributed by atoms with Gasteiger partial charge in [-0.25, -0.2) is 9.36 Å².